The van der Waals surface area contributed by atoms with E-state index in [2.05, 4.69) is 22.3 Å². The third kappa shape index (κ3) is 3.11. The van der Waals surface area contributed by atoms with E-state index in [1.165, 1.54) is 0 Å². The first kappa shape index (κ1) is 15.3. The van der Waals surface area contributed by atoms with E-state index in [9.17, 15) is 4.79 Å². The Morgan fingerprint density at radius 2 is 2.26 bits per heavy atom. The molecule has 1 aromatic heterocycles. The van der Waals surface area contributed by atoms with Gasteiger partial charge in [-0.25, -0.2) is 0 Å². The maximum absolute atomic E-state index is 11.9. The normalized spacial score (nSPS) is 17.8. The number of nitrogens with zero attached hydrogens (tertiary/aromatic N) is 4. The van der Waals surface area contributed by atoms with Crippen LogP contribution >= 0.6 is 0 Å². The number of rotatable bonds is 3. The van der Waals surface area contributed by atoms with Crippen LogP contribution in [0.2, 0.25) is 0 Å². The van der Waals surface area contributed by atoms with Gasteiger partial charge in [0, 0.05) is 30.5 Å². The molecule has 1 aliphatic rings. The SMILES string of the molecule is CC(=O)c1ccc(C#N)cc1N1CCCC(n2cc(C)cn2)C1. The van der Waals surface area contributed by atoms with Crippen molar-refractivity contribution in [1.29, 1.82) is 5.26 Å². The molecule has 0 N–H and O–H groups in total. The van der Waals surface area contributed by atoms with Crippen molar-refractivity contribution in [1.82, 2.24) is 9.78 Å². The molecule has 23 heavy (non-hydrogen) atoms. The smallest absolute Gasteiger partial charge is 0.161 e. The first-order valence-electron chi connectivity index (χ1n) is 7.89. The molecule has 0 saturated carbocycles. The van der Waals surface area contributed by atoms with Crippen LogP contribution in [0.4, 0.5) is 5.69 Å². The molecular weight excluding hydrogens is 288 g/mol. The van der Waals surface area contributed by atoms with Crippen LogP contribution in [0.3, 0.4) is 0 Å². The Kier molecular flexibility index (Phi) is 4.16. The molecule has 1 unspecified atom stereocenters. The van der Waals surface area contributed by atoms with Gasteiger partial charge >= 0.3 is 0 Å². The average molecular weight is 308 g/mol. The predicted molar refractivity (Wildman–Crippen MR) is 88.6 cm³/mol. The summed E-state index contributed by atoms with van der Waals surface area (Å²) >= 11 is 0. The zero-order valence-corrected chi connectivity index (χ0v) is 13.5. The van der Waals surface area contributed by atoms with Gasteiger partial charge in [-0.15, -0.1) is 0 Å². The van der Waals surface area contributed by atoms with Crippen molar-refractivity contribution in [2.45, 2.75) is 32.7 Å². The van der Waals surface area contributed by atoms with Gasteiger partial charge in [0.15, 0.2) is 5.78 Å². The lowest BCUT2D eigenvalue weighted by atomic mass is 10.0. The molecule has 1 aliphatic heterocycles. The Morgan fingerprint density at radius 3 is 2.91 bits per heavy atom. The molecule has 0 radical (unpaired) electrons. The van der Waals surface area contributed by atoms with Crippen LogP contribution in [0, 0.1) is 18.3 Å². The monoisotopic (exact) mass is 308 g/mol. The lowest BCUT2D eigenvalue weighted by Gasteiger charge is -2.35. The summed E-state index contributed by atoms with van der Waals surface area (Å²) in [5.74, 6) is 0.0292. The Morgan fingerprint density at radius 1 is 1.43 bits per heavy atom. The van der Waals surface area contributed by atoms with E-state index in [0.717, 1.165) is 37.2 Å². The van der Waals surface area contributed by atoms with Gasteiger partial charge in [0.25, 0.3) is 0 Å². The zero-order valence-electron chi connectivity index (χ0n) is 13.5. The van der Waals surface area contributed by atoms with Crippen LogP contribution in [0.1, 0.15) is 47.3 Å². The first-order chi connectivity index (χ1) is 11.1. The molecular formula is C18H20N4O. The number of hydrogen-bond acceptors (Lipinski definition) is 4. The number of piperidine rings is 1. The number of carbonyl (C=O) groups excluding carboxylic acids is 1. The summed E-state index contributed by atoms with van der Waals surface area (Å²) in [4.78, 5) is 14.1. The minimum absolute atomic E-state index is 0.0292. The van der Waals surface area contributed by atoms with Crippen LogP contribution < -0.4 is 4.90 Å². The molecule has 2 heterocycles. The number of anilines is 1. The number of carbonyl (C=O) groups is 1. The Bertz CT molecular complexity index is 772. The third-order valence-electron chi connectivity index (χ3n) is 4.35. The van der Waals surface area contributed by atoms with Crippen LogP contribution in [0.15, 0.2) is 30.6 Å². The Hall–Kier alpha value is -2.61. The van der Waals surface area contributed by atoms with Crippen molar-refractivity contribution in [2.24, 2.45) is 0 Å². The van der Waals surface area contributed by atoms with Gasteiger partial charge in [-0.2, -0.15) is 10.4 Å². The van der Waals surface area contributed by atoms with Gasteiger partial charge in [0.1, 0.15) is 0 Å². The number of aromatic nitrogens is 2. The number of benzene rings is 1. The highest BCUT2D eigenvalue weighted by Crippen LogP contribution is 2.29. The molecule has 0 amide bonds. The molecule has 1 fully saturated rings. The second-order valence-electron chi connectivity index (χ2n) is 6.14. The van der Waals surface area contributed by atoms with Crippen molar-refractivity contribution in [3.8, 4) is 6.07 Å². The Labute approximate surface area is 136 Å². The highest BCUT2D eigenvalue weighted by molar-refractivity contribution is 6.00. The van der Waals surface area contributed by atoms with Crippen LogP contribution in [-0.4, -0.2) is 28.7 Å². The standard InChI is InChI=1S/C18H20N4O/c1-13-10-20-22(11-13)16-4-3-7-21(12-16)18-8-15(9-19)5-6-17(18)14(2)23/h5-6,8,10-11,16H,3-4,7,12H2,1-2H3. The molecule has 1 saturated heterocycles. The van der Waals surface area contributed by atoms with Crippen molar-refractivity contribution in [3.05, 3.63) is 47.3 Å². The van der Waals surface area contributed by atoms with Gasteiger partial charge in [0.2, 0.25) is 0 Å². The van der Waals surface area contributed by atoms with Gasteiger partial charge in [0.05, 0.1) is 23.9 Å². The molecule has 2 aromatic rings. The fourth-order valence-electron chi connectivity index (χ4n) is 3.18. The predicted octanol–water partition coefficient (Wildman–Crippen LogP) is 3.11. The second-order valence-corrected chi connectivity index (χ2v) is 6.14. The molecule has 1 aromatic carbocycles. The lowest BCUT2D eigenvalue weighted by Crippen LogP contribution is -2.37. The van der Waals surface area contributed by atoms with E-state index in [1.54, 1.807) is 19.1 Å². The van der Waals surface area contributed by atoms with Crippen LogP contribution in [0.25, 0.3) is 0 Å². The average Bonchev–Trinajstić information content (AvgIpc) is 3.01. The van der Waals surface area contributed by atoms with E-state index in [1.807, 2.05) is 23.9 Å². The molecule has 3 rings (SSSR count). The number of nitriles is 1. The van der Waals surface area contributed by atoms with Gasteiger partial charge in [-0.3, -0.25) is 9.48 Å². The van der Waals surface area contributed by atoms with Gasteiger partial charge in [-0.05, 0) is 50.5 Å². The quantitative estimate of drug-likeness (QED) is 0.817. The van der Waals surface area contributed by atoms with Crippen molar-refractivity contribution in [2.75, 3.05) is 18.0 Å². The highest BCUT2D eigenvalue weighted by Gasteiger charge is 2.24. The molecule has 5 heteroatoms. The molecule has 5 nitrogen and oxygen atoms in total. The summed E-state index contributed by atoms with van der Waals surface area (Å²) in [7, 11) is 0. The molecule has 118 valence electrons. The van der Waals surface area contributed by atoms with Gasteiger partial charge in [-0.1, -0.05) is 0 Å². The van der Waals surface area contributed by atoms with Crippen molar-refractivity contribution < 1.29 is 4.79 Å². The summed E-state index contributed by atoms with van der Waals surface area (Å²) in [6.45, 7) is 5.31. The van der Waals surface area contributed by atoms with Crippen LogP contribution in [-0.2, 0) is 0 Å². The molecule has 0 bridgehead atoms. The topological polar surface area (TPSA) is 61.9 Å². The number of aryl methyl sites for hydroxylation is 1. The van der Waals surface area contributed by atoms with E-state index < -0.39 is 0 Å². The molecule has 0 spiro atoms. The van der Waals surface area contributed by atoms with E-state index in [4.69, 9.17) is 5.26 Å². The van der Waals surface area contributed by atoms with Gasteiger partial charge < -0.3 is 4.90 Å². The first-order valence-corrected chi connectivity index (χ1v) is 7.89. The largest absolute Gasteiger partial charge is 0.369 e. The minimum atomic E-state index is 0.0292. The van der Waals surface area contributed by atoms with Crippen molar-refractivity contribution >= 4 is 11.5 Å². The zero-order chi connectivity index (χ0) is 16.4. The molecule has 0 aliphatic carbocycles. The fraction of sp³-hybridized carbons (Fsp3) is 0.389. The summed E-state index contributed by atoms with van der Waals surface area (Å²) in [5, 5.41) is 13.6. The maximum Gasteiger partial charge on any atom is 0.161 e. The molecule has 1 atom stereocenters. The van der Waals surface area contributed by atoms with E-state index >= 15 is 0 Å². The lowest BCUT2D eigenvalue weighted by molar-refractivity contribution is 0.101. The minimum Gasteiger partial charge on any atom is -0.369 e. The summed E-state index contributed by atoms with van der Waals surface area (Å²) in [6, 6.07) is 7.75. The van der Waals surface area contributed by atoms with E-state index in [-0.39, 0.29) is 5.78 Å². The van der Waals surface area contributed by atoms with Crippen LogP contribution in [0.5, 0.6) is 0 Å². The maximum atomic E-state index is 11.9. The van der Waals surface area contributed by atoms with E-state index in [0.29, 0.717) is 17.2 Å². The summed E-state index contributed by atoms with van der Waals surface area (Å²) < 4.78 is 2.02. The summed E-state index contributed by atoms with van der Waals surface area (Å²) in [5.41, 5.74) is 3.28. The number of hydrogen-bond donors (Lipinski definition) is 0. The van der Waals surface area contributed by atoms with Crippen molar-refractivity contribution in [3.63, 3.8) is 0 Å². The summed E-state index contributed by atoms with van der Waals surface area (Å²) in [6.07, 6.45) is 6.05. The highest BCUT2D eigenvalue weighted by atomic mass is 16.1. The third-order valence-corrected chi connectivity index (χ3v) is 4.35. The number of Topliss-reactive ketones (excluding diaryl/α,β-unsaturated/α-hetero) is 1. The second kappa shape index (κ2) is 6.25. The Balaban J connectivity index is 1.92. The number of ketones is 1. The fourth-order valence-corrected chi connectivity index (χ4v) is 3.18.